The van der Waals surface area contributed by atoms with Gasteiger partial charge in [-0.25, -0.2) is 9.79 Å². The lowest BCUT2D eigenvalue weighted by Gasteiger charge is -2.26. The van der Waals surface area contributed by atoms with E-state index in [0.29, 0.717) is 42.1 Å². The standard InChI is InChI=1S/C30H32BrN3O5S/c1-6-39-29(36)26-18(3)32-30-34(27(26)20-15-23(37-4)24(38-5)16-21(20)31)28(35)25(40-30)14-19-9-10-22(17(2)13-19)33-11-7-8-12-33/h9-10,13-16,27H,6-8,11-12H2,1-5H3/b25-14+/t27-/m0/s1. The van der Waals surface area contributed by atoms with E-state index in [0.717, 1.165) is 18.7 Å². The molecule has 1 atom stereocenters. The molecule has 1 saturated heterocycles. The molecule has 0 radical (unpaired) electrons. The first-order valence-corrected chi connectivity index (χ1v) is 14.8. The molecule has 3 aromatic rings. The second-order valence-corrected chi connectivity index (χ2v) is 11.6. The second-order valence-electron chi connectivity index (χ2n) is 9.77. The van der Waals surface area contributed by atoms with Crippen LogP contribution >= 0.6 is 27.3 Å². The first-order valence-electron chi connectivity index (χ1n) is 13.2. The number of anilines is 1. The second kappa shape index (κ2) is 11.6. The van der Waals surface area contributed by atoms with Gasteiger partial charge < -0.3 is 19.1 Å². The topological polar surface area (TPSA) is 82.4 Å². The van der Waals surface area contributed by atoms with Crippen molar-refractivity contribution in [3.8, 4) is 11.5 Å². The molecule has 0 saturated carbocycles. The molecule has 1 fully saturated rings. The number of allylic oxidation sites excluding steroid dienone is 1. The maximum atomic E-state index is 14.0. The molecule has 40 heavy (non-hydrogen) atoms. The highest BCUT2D eigenvalue weighted by Gasteiger charge is 2.35. The molecule has 2 aliphatic rings. The lowest BCUT2D eigenvalue weighted by atomic mass is 9.95. The Balaban J connectivity index is 1.68. The molecular weight excluding hydrogens is 594 g/mol. The van der Waals surface area contributed by atoms with Gasteiger partial charge in [-0.3, -0.25) is 9.36 Å². The molecule has 10 heteroatoms. The Morgan fingerprint density at radius 1 is 1.12 bits per heavy atom. The number of carbonyl (C=O) groups excluding carboxylic acids is 1. The van der Waals surface area contributed by atoms with Gasteiger partial charge in [0.05, 0.1) is 42.7 Å². The number of hydrogen-bond donors (Lipinski definition) is 0. The summed E-state index contributed by atoms with van der Waals surface area (Å²) in [7, 11) is 3.10. The molecule has 210 valence electrons. The molecule has 0 aliphatic carbocycles. The Hall–Kier alpha value is -3.37. The SMILES string of the molecule is CCOC(=O)C1=C(C)N=c2s/c(=C/c3ccc(N4CCCC4)c(C)c3)c(=O)n2[C@H]1c1cc(OC)c(OC)cc1Br. The minimum atomic E-state index is -0.772. The van der Waals surface area contributed by atoms with E-state index < -0.39 is 12.0 Å². The number of esters is 1. The van der Waals surface area contributed by atoms with Crippen LogP contribution in [0.4, 0.5) is 5.69 Å². The molecule has 8 nitrogen and oxygen atoms in total. The summed E-state index contributed by atoms with van der Waals surface area (Å²) in [6.45, 7) is 7.98. The van der Waals surface area contributed by atoms with Gasteiger partial charge in [0.15, 0.2) is 16.3 Å². The molecule has 1 aromatic heterocycles. The number of rotatable bonds is 7. The summed E-state index contributed by atoms with van der Waals surface area (Å²) in [6.07, 6.45) is 4.33. The minimum absolute atomic E-state index is 0.201. The van der Waals surface area contributed by atoms with Crippen molar-refractivity contribution in [2.75, 3.05) is 38.8 Å². The van der Waals surface area contributed by atoms with Crippen LogP contribution in [0.1, 0.15) is 49.4 Å². The molecule has 0 bridgehead atoms. The quantitative estimate of drug-likeness (QED) is 0.360. The number of fused-ring (bicyclic) bond motifs is 1. The van der Waals surface area contributed by atoms with E-state index in [2.05, 4.69) is 50.9 Å². The van der Waals surface area contributed by atoms with Gasteiger partial charge >= 0.3 is 5.97 Å². The lowest BCUT2D eigenvalue weighted by molar-refractivity contribution is -0.139. The van der Waals surface area contributed by atoms with Gasteiger partial charge in [-0.2, -0.15) is 0 Å². The van der Waals surface area contributed by atoms with E-state index in [-0.39, 0.29) is 12.2 Å². The third-order valence-corrected chi connectivity index (χ3v) is 8.95. The molecule has 3 heterocycles. The van der Waals surface area contributed by atoms with Crippen LogP contribution in [0.3, 0.4) is 0 Å². The van der Waals surface area contributed by atoms with Crippen LogP contribution in [0.2, 0.25) is 0 Å². The van der Waals surface area contributed by atoms with E-state index in [1.54, 1.807) is 44.8 Å². The molecule has 0 spiro atoms. The molecular formula is C30H32BrN3O5S. The Kier molecular flexibility index (Phi) is 8.19. The first-order chi connectivity index (χ1) is 19.3. The number of halogens is 1. The summed E-state index contributed by atoms with van der Waals surface area (Å²) in [6, 6.07) is 9.08. The molecule has 2 aromatic carbocycles. The number of methoxy groups -OCH3 is 2. The fourth-order valence-electron chi connectivity index (χ4n) is 5.40. The number of benzene rings is 2. The van der Waals surface area contributed by atoms with Crippen LogP contribution in [-0.4, -0.2) is 44.5 Å². The summed E-state index contributed by atoms with van der Waals surface area (Å²) in [5, 5.41) is 0. The number of aromatic nitrogens is 1. The zero-order chi connectivity index (χ0) is 28.6. The van der Waals surface area contributed by atoms with Gasteiger partial charge in [-0.15, -0.1) is 0 Å². The summed E-state index contributed by atoms with van der Waals surface area (Å²) < 4.78 is 19.2. The van der Waals surface area contributed by atoms with Crippen molar-refractivity contribution in [1.82, 2.24) is 4.57 Å². The Morgan fingerprint density at radius 3 is 2.48 bits per heavy atom. The number of nitrogens with zero attached hydrogens (tertiary/aromatic N) is 3. The smallest absolute Gasteiger partial charge is 0.338 e. The Bertz CT molecular complexity index is 1680. The predicted octanol–water partition coefficient (Wildman–Crippen LogP) is 4.49. The van der Waals surface area contributed by atoms with Gasteiger partial charge in [-0.1, -0.05) is 33.3 Å². The van der Waals surface area contributed by atoms with Crippen molar-refractivity contribution < 1.29 is 19.0 Å². The van der Waals surface area contributed by atoms with Crippen molar-refractivity contribution in [3.63, 3.8) is 0 Å². The molecule has 0 amide bonds. The Labute approximate surface area is 245 Å². The maximum absolute atomic E-state index is 14.0. The van der Waals surface area contributed by atoms with Crippen molar-refractivity contribution in [2.24, 2.45) is 4.99 Å². The van der Waals surface area contributed by atoms with Crippen molar-refractivity contribution >= 4 is 45.0 Å². The van der Waals surface area contributed by atoms with E-state index in [1.165, 1.54) is 35.4 Å². The fourth-order valence-corrected chi connectivity index (χ4v) is 6.98. The number of thiazole rings is 1. The maximum Gasteiger partial charge on any atom is 0.338 e. The number of hydrogen-bond acceptors (Lipinski definition) is 8. The highest BCUT2D eigenvalue weighted by molar-refractivity contribution is 9.10. The highest BCUT2D eigenvalue weighted by atomic mass is 79.9. The van der Waals surface area contributed by atoms with Crippen LogP contribution < -0.4 is 29.3 Å². The monoisotopic (exact) mass is 625 g/mol. The molecule has 0 N–H and O–H groups in total. The highest BCUT2D eigenvalue weighted by Crippen LogP contribution is 2.40. The van der Waals surface area contributed by atoms with Crippen LogP contribution in [0.5, 0.6) is 11.5 Å². The van der Waals surface area contributed by atoms with Crippen molar-refractivity contribution in [3.05, 3.63) is 82.5 Å². The van der Waals surface area contributed by atoms with Gasteiger partial charge in [0, 0.05) is 23.2 Å². The molecule has 5 rings (SSSR count). The first kappa shape index (κ1) is 28.2. The third-order valence-electron chi connectivity index (χ3n) is 7.28. The normalized spacial score (nSPS) is 17.1. The van der Waals surface area contributed by atoms with Crippen LogP contribution in [-0.2, 0) is 9.53 Å². The summed E-state index contributed by atoms with van der Waals surface area (Å²) in [4.78, 5) is 34.9. The summed E-state index contributed by atoms with van der Waals surface area (Å²) in [5.41, 5.74) is 4.60. The average Bonchev–Trinajstić information content (AvgIpc) is 3.56. The Morgan fingerprint density at radius 2 is 1.82 bits per heavy atom. The van der Waals surface area contributed by atoms with Crippen LogP contribution in [0, 0.1) is 6.92 Å². The minimum Gasteiger partial charge on any atom is -0.493 e. The van der Waals surface area contributed by atoms with Gasteiger partial charge in [0.25, 0.3) is 5.56 Å². The van der Waals surface area contributed by atoms with Gasteiger partial charge in [-0.05, 0) is 80.6 Å². The summed E-state index contributed by atoms with van der Waals surface area (Å²) >= 11 is 4.94. The number of aryl methyl sites for hydroxylation is 1. The van der Waals surface area contributed by atoms with Crippen molar-refractivity contribution in [1.29, 1.82) is 0 Å². The van der Waals surface area contributed by atoms with E-state index in [1.807, 2.05) is 6.08 Å². The zero-order valence-corrected chi connectivity index (χ0v) is 25.6. The zero-order valence-electron chi connectivity index (χ0n) is 23.2. The van der Waals surface area contributed by atoms with Gasteiger partial charge in [0.1, 0.15) is 0 Å². The summed E-state index contributed by atoms with van der Waals surface area (Å²) in [5.74, 6) is 0.490. The average molecular weight is 627 g/mol. The van der Waals surface area contributed by atoms with E-state index in [9.17, 15) is 9.59 Å². The van der Waals surface area contributed by atoms with Crippen LogP contribution in [0.25, 0.3) is 6.08 Å². The number of ether oxygens (including phenoxy) is 3. The largest absolute Gasteiger partial charge is 0.493 e. The van der Waals surface area contributed by atoms with Crippen molar-refractivity contribution in [2.45, 2.75) is 39.7 Å². The predicted molar refractivity (Wildman–Crippen MR) is 160 cm³/mol. The molecule has 0 unspecified atom stereocenters. The third kappa shape index (κ3) is 5.10. The molecule has 2 aliphatic heterocycles. The van der Waals surface area contributed by atoms with E-state index >= 15 is 0 Å². The van der Waals surface area contributed by atoms with Crippen LogP contribution in [0.15, 0.2) is 55.9 Å². The lowest BCUT2D eigenvalue weighted by Crippen LogP contribution is -2.40. The van der Waals surface area contributed by atoms with E-state index in [4.69, 9.17) is 14.2 Å². The fraction of sp³-hybridized carbons (Fsp3) is 0.367. The number of carbonyl (C=O) groups is 1. The van der Waals surface area contributed by atoms with Gasteiger partial charge in [0.2, 0.25) is 0 Å².